The number of nitriles is 1. The molecule has 0 aliphatic carbocycles. The highest BCUT2D eigenvalue weighted by Gasteiger charge is 2.19. The zero-order valence-corrected chi connectivity index (χ0v) is 19.4. The number of nitrogens with one attached hydrogen (secondary N) is 3. The summed E-state index contributed by atoms with van der Waals surface area (Å²) in [5.41, 5.74) is 4.16. The number of aromatic nitrogens is 1. The number of nitrogens with zero attached hydrogens (tertiary/aromatic N) is 3. The van der Waals surface area contributed by atoms with E-state index in [9.17, 15) is 9.59 Å². The first-order chi connectivity index (χ1) is 16.0. The predicted octanol–water partition coefficient (Wildman–Crippen LogP) is 3.23. The van der Waals surface area contributed by atoms with Crippen molar-refractivity contribution in [2.45, 2.75) is 19.5 Å². The number of carbonyl (C=O) groups is 2. The lowest BCUT2D eigenvalue weighted by molar-refractivity contribution is -0.105. The molecule has 33 heavy (non-hydrogen) atoms. The number of hydrogen-bond donors (Lipinski definition) is 3. The minimum Gasteiger partial charge on any atom is -0.329 e. The quantitative estimate of drug-likeness (QED) is 0.485. The number of anilines is 2. The maximum atomic E-state index is 12.4. The number of carbonyl (C=O) groups excluding carboxylic acids is 2. The van der Waals surface area contributed by atoms with Crippen LogP contribution in [-0.2, 0) is 24.3 Å². The molecule has 3 N–H and O–H groups in total. The maximum absolute atomic E-state index is 12.4. The Morgan fingerprint density at radius 3 is 2.76 bits per heavy atom. The highest BCUT2D eigenvalue weighted by atomic mass is 32.1. The van der Waals surface area contributed by atoms with Crippen molar-refractivity contribution in [3.05, 3.63) is 75.8 Å². The molecule has 0 unspecified atom stereocenters. The molecular formula is C24H26N6O2S. The zero-order chi connectivity index (χ0) is 23.6. The van der Waals surface area contributed by atoms with Crippen LogP contribution in [0.25, 0.3) is 0 Å². The molecule has 0 atom stereocenters. The predicted molar refractivity (Wildman–Crippen MR) is 130 cm³/mol. The summed E-state index contributed by atoms with van der Waals surface area (Å²) < 4.78 is 0. The Hall–Kier alpha value is -3.58. The fourth-order valence-corrected chi connectivity index (χ4v) is 4.37. The Kier molecular flexibility index (Phi) is 8.66. The Labute approximate surface area is 197 Å². The van der Waals surface area contributed by atoms with Gasteiger partial charge >= 0.3 is 0 Å². The van der Waals surface area contributed by atoms with Crippen LogP contribution in [0.5, 0.6) is 0 Å². The van der Waals surface area contributed by atoms with Gasteiger partial charge in [-0.25, -0.2) is 4.98 Å². The van der Waals surface area contributed by atoms with E-state index in [1.807, 2.05) is 37.4 Å². The van der Waals surface area contributed by atoms with Crippen molar-refractivity contribution < 1.29 is 9.59 Å². The van der Waals surface area contributed by atoms with Crippen LogP contribution in [-0.4, -0.2) is 42.8 Å². The first-order valence-electron chi connectivity index (χ1n) is 10.4. The lowest BCUT2D eigenvalue weighted by Gasteiger charge is -2.20. The van der Waals surface area contributed by atoms with Gasteiger partial charge in [0.15, 0.2) is 5.13 Å². The highest BCUT2D eigenvalue weighted by Crippen LogP contribution is 2.28. The molecule has 1 aliphatic rings. The third-order valence-corrected chi connectivity index (χ3v) is 5.95. The molecule has 0 fully saturated rings. The van der Waals surface area contributed by atoms with Crippen LogP contribution in [0, 0.1) is 11.3 Å². The third-order valence-electron chi connectivity index (χ3n) is 4.95. The molecule has 0 spiro atoms. The summed E-state index contributed by atoms with van der Waals surface area (Å²) in [7, 11) is 4.00. The lowest BCUT2D eigenvalue weighted by Crippen LogP contribution is -2.25. The minimum absolute atomic E-state index is 0.0996. The Balaban J connectivity index is 0.000000235. The van der Waals surface area contributed by atoms with Crippen molar-refractivity contribution in [3.63, 3.8) is 0 Å². The van der Waals surface area contributed by atoms with E-state index in [1.165, 1.54) is 4.88 Å². The zero-order valence-electron chi connectivity index (χ0n) is 18.6. The molecule has 170 valence electrons. The van der Waals surface area contributed by atoms with Gasteiger partial charge in [0.05, 0.1) is 17.3 Å². The Bertz CT molecular complexity index is 1140. The molecule has 2 heterocycles. The molecule has 1 aromatic heterocycles. The molecule has 8 nitrogen and oxygen atoms in total. The third kappa shape index (κ3) is 6.95. The summed E-state index contributed by atoms with van der Waals surface area (Å²) in [6.07, 6.45) is 1.55. The van der Waals surface area contributed by atoms with Gasteiger partial charge in [-0.2, -0.15) is 5.26 Å². The van der Waals surface area contributed by atoms with E-state index in [1.54, 1.807) is 35.6 Å². The molecule has 0 saturated carbocycles. The number of benzene rings is 2. The fraction of sp³-hybridized carbons (Fsp3) is 0.250. The molecule has 3 aromatic rings. The second-order valence-corrected chi connectivity index (χ2v) is 8.60. The average molecular weight is 463 g/mol. The van der Waals surface area contributed by atoms with Crippen LogP contribution in [0.15, 0.2) is 48.5 Å². The van der Waals surface area contributed by atoms with E-state index in [-0.39, 0.29) is 5.91 Å². The van der Waals surface area contributed by atoms with Gasteiger partial charge in [-0.3, -0.25) is 14.9 Å². The minimum atomic E-state index is -0.0996. The molecule has 0 radical (unpaired) electrons. The van der Waals surface area contributed by atoms with Gasteiger partial charge in [0.25, 0.3) is 5.91 Å². The number of rotatable bonds is 6. The van der Waals surface area contributed by atoms with Crippen molar-refractivity contribution in [2.24, 2.45) is 0 Å². The van der Waals surface area contributed by atoms with Crippen molar-refractivity contribution in [1.29, 1.82) is 5.26 Å². The molecule has 2 aromatic carbocycles. The van der Waals surface area contributed by atoms with E-state index in [0.717, 1.165) is 37.3 Å². The summed E-state index contributed by atoms with van der Waals surface area (Å²) >= 11 is 1.58. The molecule has 1 aliphatic heterocycles. The van der Waals surface area contributed by atoms with Crippen molar-refractivity contribution in [3.8, 4) is 6.07 Å². The SMILES string of the molecule is CNCc1cccc(C(=O)Nc2nc3c(s2)CN(C)CC3)c1.N#Cc1ccc(NC=O)cc1. The van der Waals surface area contributed by atoms with Crippen LogP contribution in [0.2, 0.25) is 0 Å². The molecular weight excluding hydrogens is 436 g/mol. The van der Waals surface area contributed by atoms with Crippen LogP contribution in [0.4, 0.5) is 10.8 Å². The van der Waals surface area contributed by atoms with Gasteiger partial charge < -0.3 is 15.5 Å². The standard InChI is InChI=1S/C16H20N4OS.C8H6N2O/c1-17-9-11-4-3-5-12(8-11)15(21)19-16-18-13-6-7-20(2)10-14(13)22-16;9-5-7-1-3-8(4-2-7)10-6-11/h3-5,8,17H,6-7,9-10H2,1-2H3,(H,18,19,21);1-4,6H,(H,10,11). The number of likely N-dealkylation sites (N-methyl/N-ethyl adjacent to an activating group) is 1. The fourth-order valence-electron chi connectivity index (χ4n) is 3.28. The summed E-state index contributed by atoms with van der Waals surface area (Å²) in [6.45, 7) is 2.69. The van der Waals surface area contributed by atoms with E-state index >= 15 is 0 Å². The van der Waals surface area contributed by atoms with Crippen LogP contribution >= 0.6 is 11.3 Å². The van der Waals surface area contributed by atoms with Crippen molar-refractivity contribution in [1.82, 2.24) is 15.2 Å². The largest absolute Gasteiger partial charge is 0.329 e. The number of thiazole rings is 1. The second kappa shape index (κ2) is 11.9. The highest BCUT2D eigenvalue weighted by molar-refractivity contribution is 7.15. The smallest absolute Gasteiger partial charge is 0.257 e. The van der Waals surface area contributed by atoms with Gasteiger partial charge in [-0.1, -0.05) is 12.1 Å². The number of amides is 2. The van der Waals surface area contributed by atoms with Gasteiger partial charge in [-0.15, -0.1) is 11.3 Å². The van der Waals surface area contributed by atoms with E-state index in [0.29, 0.717) is 28.4 Å². The average Bonchev–Trinajstić information content (AvgIpc) is 3.22. The second-order valence-electron chi connectivity index (χ2n) is 7.51. The molecule has 4 rings (SSSR count). The number of hydrogen-bond acceptors (Lipinski definition) is 7. The maximum Gasteiger partial charge on any atom is 0.257 e. The molecule has 2 amide bonds. The first kappa shape index (κ1) is 24.1. The monoisotopic (exact) mass is 462 g/mol. The molecule has 0 saturated heterocycles. The van der Waals surface area contributed by atoms with Gasteiger partial charge in [0, 0.05) is 42.2 Å². The lowest BCUT2D eigenvalue weighted by atomic mass is 10.1. The van der Waals surface area contributed by atoms with E-state index in [2.05, 4.69) is 32.9 Å². The molecule has 9 heteroatoms. The summed E-state index contributed by atoms with van der Waals surface area (Å²) in [5.74, 6) is -0.0996. The Morgan fingerprint density at radius 1 is 1.27 bits per heavy atom. The van der Waals surface area contributed by atoms with Gasteiger partial charge in [0.2, 0.25) is 6.41 Å². The van der Waals surface area contributed by atoms with E-state index < -0.39 is 0 Å². The Morgan fingerprint density at radius 2 is 2.06 bits per heavy atom. The van der Waals surface area contributed by atoms with Crippen molar-refractivity contribution >= 4 is 34.5 Å². The number of fused-ring (bicyclic) bond motifs is 1. The first-order valence-corrected chi connectivity index (χ1v) is 11.3. The van der Waals surface area contributed by atoms with E-state index in [4.69, 9.17) is 5.26 Å². The van der Waals surface area contributed by atoms with Crippen LogP contribution in [0.1, 0.15) is 32.1 Å². The van der Waals surface area contributed by atoms with Crippen LogP contribution < -0.4 is 16.0 Å². The van der Waals surface area contributed by atoms with Gasteiger partial charge in [0.1, 0.15) is 0 Å². The molecule has 0 bridgehead atoms. The van der Waals surface area contributed by atoms with Crippen molar-refractivity contribution in [2.75, 3.05) is 31.3 Å². The van der Waals surface area contributed by atoms with Crippen LogP contribution in [0.3, 0.4) is 0 Å². The normalized spacial score (nSPS) is 12.5. The topological polar surface area (TPSA) is 110 Å². The van der Waals surface area contributed by atoms with Gasteiger partial charge in [-0.05, 0) is 56.1 Å². The summed E-state index contributed by atoms with van der Waals surface area (Å²) in [5, 5.41) is 17.6. The summed E-state index contributed by atoms with van der Waals surface area (Å²) in [4.78, 5) is 30.4. The summed E-state index contributed by atoms with van der Waals surface area (Å²) in [6, 6.07) is 16.3.